The van der Waals surface area contributed by atoms with Crippen LogP contribution in [-0.4, -0.2) is 23.5 Å². The van der Waals surface area contributed by atoms with Crippen molar-refractivity contribution >= 4 is 23.0 Å². The summed E-state index contributed by atoms with van der Waals surface area (Å²) in [5.41, 5.74) is 6.28. The van der Waals surface area contributed by atoms with Gasteiger partial charge in [0, 0.05) is 23.2 Å². The molecular weight excluding hydrogens is 346 g/mol. The monoisotopic (exact) mass is 359 g/mol. The minimum atomic E-state index is -0.507. The number of nitrogens with one attached hydrogen (secondary N) is 1. The molecule has 0 aliphatic carbocycles. The number of hydrogen-bond donors (Lipinski definition) is 1. The molecule has 2 aliphatic rings. The Morgan fingerprint density at radius 3 is 2.76 bits per heavy atom. The van der Waals surface area contributed by atoms with Crippen LogP contribution in [0.1, 0.15) is 23.6 Å². The highest BCUT2D eigenvalue weighted by Gasteiger charge is 2.25. The molecule has 0 saturated carbocycles. The maximum Gasteiger partial charge on any atom is 0.287 e. The summed E-state index contributed by atoms with van der Waals surface area (Å²) >= 11 is 6.07. The van der Waals surface area contributed by atoms with Crippen molar-refractivity contribution in [2.45, 2.75) is 19.4 Å². The molecule has 1 atom stereocenters. The molecular formula is C17H14ClN3O4. The average molecular weight is 360 g/mol. The zero-order valence-electron chi connectivity index (χ0n) is 13.3. The Morgan fingerprint density at radius 1 is 1.28 bits per heavy atom. The van der Waals surface area contributed by atoms with E-state index in [1.54, 1.807) is 12.1 Å². The smallest absolute Gasteiger partial charge is 0.287 e. The first-order valence-electron chi connectivity index (χ1n) is 7.73. The van der Waals surface area contributed by atoms with E-state index in [2.05, 4.69) is 10.5 Å². The molecule has 2 aromatic rings. The van der Waals surface area contributed by atoms with Crippen LogP contribution < -0.4 is 14.9 Å². The number of rotatable bonds is 2. The standard InChI is InChI=1S/C17H14ClN3O4/c1-9-4-11-6-15-16(25-8-24-15)7-12(11)17(20-19-9)10-2-3-14(21(22)23)13(18)5-10/h2-3,5-7,9,19H,4,8H2,1H3/t9-/m1/s1. The van der Waals surface area contributed by atoms with Crippen molar-refractivity contribution in [1.82, 2.24) is 5.43 Å². The molecule has 1 N–H and O–H groups in total. The molecule has 0 radical (unpaired) electrons. The van der Waals surface area contributed by atoms with Gasteiger partial charge in [-0.1, -0.05) is 11.6 Å². The summed E-state index contributed by atoms with van der Waals surface area (Å²) in [5, 5.41) is 15.6. The summed E-state index contributed by atoms with van der Waals surface area (Å²) in [6.07, 6.45) is 0.764. The Morgan fingerprint density at radius 2 is 2.04 bits per heavy atom. The van der Waals surface area contributed by atoms with Crippen molar-refractivity contribution < 1.29 is 14.4 Å². The Hall–Kier alpha value is -2.80. The van der Waals surface area contributed by atoms with Gasteiger partial charge in [-0.25, -0.2) is 0 Å². The van der Waals surface area contributed by atoms with Crippen LogP contribution in [0.2, 0.25) is 5.02 Å². The molecule has 0 unspecified atom stereocenters. The summed E-state index contributed by atoms with van der Waals surface area (Å²) in [4.78, 5) is 10.5. The van der Waals surface area contributed by atoms with Crippen LogP contribution >= 0.6 is 11.6 Å². The van der Waals surface area contributed by atoms with E-state index in [4.69, 9.17) is 21.1 Å². The molecule has 0 saturated heterocycles. The normalized spacial score (nSPS) is 18.0. The molecule has 2 aliphatic heterocycles. The van der Waals surface area contributed by atoms with E-state index in [1.807, 2.05) is 19.1 Å². The van der Waals surface area contributed by atoms with Crippen LogP contribution in [0, 0.1) is 10.1 Å². The summed E-state index contributed by atoms with van der Waals surface area (Å²) in [6.45, 7) is 2.23. The van der Waals surface area contributed by atoms with Crippen LogP contribution in [0.5, 0.6) is 11.5 Å². The fourth-order valence-electron chi connectivity index (χ4n) is 3.01. The van der Waals surface area contributed by atoms with Gasteiger partial charge in [0.1, 0.15) is 5.02 Å². The van der Waals surface area contributed by atoms with Crippen LogP contribution in [0.25, 0.3) is 0 Å². The van der Waals surface area contributed by atoms with Gasteiger partial charge in [-0.2, -0.15) is 5.10 Å². The molecule has 0 bridgehead atoms. The molecule has 0 fully saturated rings. The average Bonchev–Trinajstić information content (AvgIpc) is 2.95. The second-order valence-electron chi connectivity index (χ2n) is 5.98. The quantitative estimate of drug-likeness (QED) is 0.657. The van der Waals surface area contributed by atoms with Gasteiger partial charge in [0.15, 0.2) is 11.5 Å². The molecule has 2 aromatic carbocycles. The van der Waals surface area contributed by atoms with Gasteiger partial charge in [0.2, 0.25) is 6.79 Å². The Balaban J connectivity index is 1.85. The number of hydrazone groups is 1. The van der Waals surface area contributed by atoms with Gasteiger partial charge in [-0.3, -0.25) is 10.1 Å². The predicted octanol–water partition coefficient (Wildman–Crippen LogP) is 3.26. The maximum absolute atomic E-state index is 11.0. The number of hydrogen-bond acceptors (Lipinski definition) is 6. The van der Waals surface area contributed by atoms with Gasteiger partial charge in [-0.15, -0.1) is 0 Å². The third-order valence-corrected chi connectivity index (χ3v) is 4.50. The van der Waals surface area contributed by atoms with Crippen molar-refractivity contribution in [2.24, 2.45) is 5.10 Å². The summed E-state index contributed by atoms with van der Waals surface area (Å²) in [6, 6.07) is 8.58. The van der Waals surface area contributed by atoms with E-state index in [1.165, 1.54) is 6.07 Å². The van der Waals surface area contributed by atoms with Gasteiger partial charge >= 0.3 is 0 Å². The molecule has 7 nitrogen and oxygen atoms in total. The number of fused-ring (bicyclic) bond motifs is 2. The second-order valence-corrected chi connectivity index (χ2v) is 6.39. The number of benzene rings is 2. The number of nitrogens with zero attached hydrogens (tertiary/aromatic N) is 2. The van der Waals surface area contributed by atoms with E-state index < -0.39 is 4.92 Å². The number of halogens is 1. The third kappa shape index (κ3) is 2.76. The topological polar surface area (TPSA) is 86.0 Å². The first-order chi connectivity index (χ1) is 12.0. The summed E-state index contributed by atoms with van der Waals surface area (Å²) < 4.78 is 10.9. The number of nitro groups is 1. The van der Waals surface area contributed by atoms with Crippen LogP contribution in [0.15, 0.2) is 35.4 Å². The van der Waals surface area contributed by atoms with Crippen molar-refractivity contribution in [1.29, 1.82) is 0 Å². The van der Waals surface area contributed by atoms with E-state index >= 15 is 0 Å². The predicted molar refractivity (Wildman–Crippen MR) is 92.6 cm³/mol. The van der Waals surface area contributed by atoms with Crippen LogP contribution in [0.3, 0.4) is 0 Å². The fraction of sp³-hybridized carbons (Fsp3) is 0.235. The minimum Gasteiger partial charge on any atom is -0.454 e. The lowest BCUT2D eigenvalue weighted by Gasteiger charge is -2.11. The fourth-order valence-corrected chi connectivity index (χ4v) is 3.26. The highest BCUT2D eigenvalue weighted by Crippen LogP contribution is 2.37. The number of ether oxygens (including phenoxy) is 2. The van der Waals surface area contributed by atoms with Crippen LogP contribution in [-0.2, 0) is 6.42 Å². The Labute approximate surface area is 148 Å². The van der Waals surface area contributed by atoms with E-state index in [9.17, 15) is 10.1 Å². The van der Waals surface area contributed by atoms with Crippen molar-refractivity contribution in [2.75, 3.05) is 6.79 Å². The second kappa shape index (κ2) is 5.93. The minimum absolute atomic E-state index is 0.0739. The van der Waals surface area contributed by atoms with Gasteiger partial charge in [-0.05, 0) is 43.2 Å². The van der Waals surface area contributed by atoms with E-state index in [0.29, 0.717) is 22.8 Å². The molecule has 0 amide bonds. The maximum atomic E-state index is 11.0. The lowest BCUT2D eigenvalue weighted by molar-refractivity contribution is -0.384. The van der Waals surface area contributed by atoms with Crippen molar-refractivity contribution in [3.63, 3.8) is 0 Å². The lowest BCUT2D eigenvalue weighted by Crippen LogP contribution is -2.21. The highest BCUT2D eigenvalue weighted by atomic mass is 35.5. The molecule has 8 heteroatoms. The third-order valence-electron chi connectivity index (χ3n) is 4.19. The SMILES string of the molecule is C[C@@H]1Cc2cc3c(cc2C(c2ccc([N+](=O)[O-])c(Cl)c2)=NN1)OCO3. The van der Waals surface area contributed by atoms with E-state index in [-0.39, 0.29) is 23.5 Å². The van der Waals surface area contributed by atoms with E-state index in [0.717, 1.165) is 17.5 Å². The van der Waals surface area contributed by atoms with Crippen molar-refractivity contribution in [3.05, 3.63) is 62.2 Å². The Kier molecular flexibility index (Phi) is 3.73. The Bertz CT molecular complexity index is 913. The summed E-state index contributed by atoms with van der Waals surface area (Å²) in [7, 11) is 0. The van der Waals surface area contributed by atoms with Crippen molar-refractivity contribution in [3.8, 4) is 11.5 Å². The first-order valence-corrected chi connectivity index (χ1v) is 8.11. The highest BCUT2D eigenvalue weighted by molar-refractivity contribution is 6.33. The number of nitro benzene ring substituents is 1. The molecule has 4 rings (SSSR count). The first kappa shape index (κ1) is 15.7. The molecule has 0 spiro atoms. The molecule has 25 heavy (non-hydrogen) atoms. The molecule has 2 heterocycles. The zero-order valence-corrected chi connectivity index (χ0v) is 14.0. The molecule has 0 aromatic heterocycles. The largest absolute Gasteiger partial charge is 0.454 e. The summed E-state index contributed by atoms with van der Waals surface area (Å²) in [5.74, 6) is 1.38. The molecule has 128 valence electrons. The lowest BCUT2D eigenvalue weighted by atomic mass is 9.94. The van der Waals surface area contributed by atoms with Gasteiger partial charge < -0.3 is 14.9 Å². The van der Waals surface area contributed by atoms with Crippen LogP contribution in [0.4, 0.5) is 5.69 Å². The van der Waals surface area contributed by atoms with Gasteiger partial charge in [0.25, 0.3) is 5.69 Å². The van der Waals surface area contributed by atoms with Gasteiger partial charge in [0.05, 0.1) is 10.6 Å². The zero-order chi connectivity index (χ0) is 17.6.